The normalized spacial score (nSPS) is 13.3. The summed E-state index contributed by atoms with van der Waals surface area (Å²) in [6.45, 7) is 2.99. The number of hydrogen-bond acceptors (Lipinski definition) is 5. The van der Waals surface area contributed by atoms with E-state index in [0.29, 0.717) is 6.42 Å². The van der Waals surface area contributed by atoms with Crippen LogP contribution < -0.4 is 0 Å². The van der Waals surface area contributed by atoms with E-state index in [4.69, 9.17) is 4.74 Å². The number of carbonyl (C=O) groups excluding carboxylic acids is 1. The average molecular weight is 276 g/mol. The highest BCUT2D eigenvalue weighted by Crippen LogP contribution is 2.26. The van der Waals surface area contributed by atoms with E-state index >= 15 is 0 Å². The summed E-state index contributed by atoms with van der Waals surface area (Å²) in [5.41, 5.74) is -1.17. The van der Waals surface area contributed by atoms with Crippen molar-refractivity contribution in [1.29, 1.82) is 0 Å². The molecule has 0 radical (unpaired) electrons. The first-order valence-electron chi connectivity index (χ1n) is 7.15. The molecule has 0 aliphatic carbocycles. The highest BCUT2D eigenvalue weighted by molar-refractivity contribution is 5.69. The summed E-state index contributed by atoms with van der Waals surface area (Å²) in [5.74, 6) is -0.483. The first kappa shape index (κ1) is 18.4. The van der Waals surface area contributed by atoms with Gasteiger partial charge in [-0.2, -0.15) is 0 Å². The van der Waals surface area contributed by atoms with Gasteiger partial charge in [0.1, 0.15) is 0 Å². The molecule has 0 fully saturated rings. The standard InChI is InChI=1S/C14H28O5/c1-3-5-6-7-8-9-12(17)19-13(18)14(4-2,10-15)11-16/h13,15-16,18H,3-11H2,1-2H3. The van der Waals surface area contributed by atoms with Gasteiger partial charge >= 0.3 is 5.97 Å². The molecule has 1 unspecified atom stereocenters. The number of esters is 1. The lowest BCUT2D eigenvalue weighted by atomic mass is 9.86. The van der Waals surface area contributed by atoms with Crippen LogP contribution in [0.2, 0.25) is 0 Å². The molecule has 0 saturated carbocycles. The minimum absolute atomic E-state index is 0.261. The third kappa shape index (κ3) is 6.36. The second-order valence-electron chi connectivity index (χ2n) is 5.04. The van der Waals surface area contributed by atoms with Gasteiger partial charge in [0, 0.05) is 6.42 Å². The molecule has 0 rings (SSSR count). The van der Waals surface area contributed by atoms with Gasteiger partial charge < -0.3 is 20.1 Å². The van der Waals surface area contributed by atoms with Gasteiger partial charge in [0.25, 0.3) is 0 Å². The van der Waals surface area contributed by atoms with Crippen molar-refractivity contribution in [3.63, 3.8) is 0 Å². The molecular weight excluding hydrogens is 248 g/mol. The molecule has 19 heavy (non-hydrogen) atoms. The Kier molecular flexibility index (Phi) is 9.83. The molecule has 0 saturated heterocycles. The Morgan fingerprint density at radius 1 is 1.11 bits per heavy atom. The molecule has 0 aliphatic heterocycles. The van der Waals surface area contributed by atoms with Crippen LogP contribution in [0.4, 0.5) is 0 Å². The number of unbranched alkanes of at least 4 members (excludes halogenated alkanes) is 4. The van der Waals surface area contributed by atoms with Crippen molar-refractivity contribution < 1.29 is 24.9 Å². The maximum atomic E-state index is 11.5. The number of hydrogen-bond donors (Lipinski definition) is 3. The zero-order chi connectivity index (χ0) is 14.7. The summed E-state index contributed by atoms with van der Waals surface area (Å²) in [5, 5.41) is 28.3. The molecule has 5 heteroatoms. The fraction of sp³-hybridized carbons (Fsp3) is 0.929. The third-order valence-corrected chi connectivity index (χ3v) is 3.59. The Labute approximate surface area is 115 Å². The van der Waals surface area contributed by atoms with Crippen LogP contribution in [0.1, 0.15) is 58.8 Å². The van der Waals surface area contributed by atoms with Gasteiger partial charge in [0.05, 0.1) is 18.6 Å². The summed E-state index contributed by atoms with van der Waals surface area (Å²) >= 11 is 0. The van der Waals surface area contributed by atoms with Crippen molar-refractivity contribution in [3.05, 3.63) is 0 Å². The predicted octanol–water partition coefficient (Wildman–Crippen LogP) is 1.59. The maximum Gasteiger partial charge on any atom is 0.308 e. The number of rotatable bonds is 11. The maximum absolute atomic E-state index is 11.5. The van der Waals surface area contributed by atoms with Gasteiger partial charge in [0.2, 0.25) is 6.29 Å². The van der Waals surface area contributed by atoms with Crippen molar-refractivity contribution in [2.24, 2.45) is 5.41 Å². The lowest BCUT2D eigenvalue weighted by molar-refractivity contribution is -0.207. The number of carbonyl (C=O) groups is 1. The first-order chi connectivity index (χ1) is 9.06. The highest BCUT2D eigenvalue weighted by atomic mass is 16.6. The Morgan fingerprint density at radius 3 is 2.16 bits per heavy atom. The van der Waals surface area contributed by atoms with E-state index in [-0.39, 0.29) is 6.42 Å². The minimum atomic E-state index is -1.46. The molecule has 0 aromatic heterocycles. The first-order valence-corrected chi connectivity index (χ1v) is 7.15. The van der Waals surface area contributed by atoms with E-state index < -0.39 is 30.9 Å². The van der Waals surface area contributed by atoms with Crippen LogP contribution in [-0.4, -0.2) is 40.8 Å². The Bertz CT molecular complexity index is 230. The SMILES string of the molecule is CCCCCCCC(=O)OC(O)C(CC)(CO)CO. The summed E-state index contributed by atoms with van der Waals surface area (Å²) in [4.78, 5) is 11.5. The topological polar surface area (TPSA) is 87.0 Å². The molecular formula is C14H28O5. The van der Waals surface area contributed by atoms with Crippen LogP contribution >= 0.6 is 0 Å². The van der Waals surface area contributed by atoms with Crippen LogP contribution in [0.25, 0.3) is 0 Å². The van der Waals surface area contributed by atoms with Crippen molar-refractivity contribution >= 4 is 5.97 Å². The van der Waals surface area contributed by atoms with E-state index in [1.165, 1.54) is 0 Å². The van der Waals surface area contributed by atoms with Gasteiger partial charge in [0.15, 0.2) is 0 Å². The van der Waals surface area contributed by atoms with E-state index in [9.17, 15) is 20.1 Å². The molecule has 5 nitrogen and oxygen atoms in total. The highest BCUT2D eigenvalue weighted by Gasteiger charge is 2.38. The summed E-state index contributed by atoms with van der Waals surface area (Å²) < 4.78 is 4.89. The Balaban J connectivity index is 4.03. The van der Waals surface area contributed by atoms with Gasteiger partial charge in [-0.25, -0.2) is 0 Å². The summed E-state index contributed by atoms with van der Waals surface area (Å²) in [6.07, 6.45) is 4.23. The number of aliphatic hydroxyl groups is 3. The Hall–Kier alpha value is -0.650. The molecule has 0 aliphatic rings. The molecule has 0 aromatic rings. The fourth-order valence-electron chi connectivity index (χ4n) is 1.79. The third-order valence-electron chi connectivity index (χ3n) is 3.59. The van der Waals surface area contributed by atoms with Gasteiger partial charge in [-0.15, -0.1) is 0 Å². The summed E-state index contributed by atoms with van der Waals surface area (Å²) in [6, 6.07) is 0. The second-order valence-corrected chi connectivity index (χ2v) is 5.04. The smallest absolute Gasteiger partial charge is 0.308 e. The van der Waals surface area contributed by atoms with E-state index in [1.54, 1.807) is 6.92 Å². The van der Waals surface area contributed by atoms with Crippen molar-refractivity contribution in [2.75, 3.05) is 13.2 Å². The van der Waals surface area contributed by atoms with E-state index in [1.807, 2.05) is 0 Å². The average Bonchev–Trinajstić information content (AvgIpc) is 2.41. The number of ether oxygens (including phenoxy) is 1. The van der Waals surface area contributed by atoms with Gasteiger partial charge in [-0.1, -0.05) is 39.5 Å². The van der Waals surface area contributed by atoms with Crippen LogP contribution in [0.15, 0.2) is 0 Å². The molecule has 0 amide bonds. The van der Waals surface area contributed by atoms with E-state index in [0.717, 1.165) is 32.1 Å². The van der Waals surface area contributed by atoms with Crippen LogP contribution in [0, 0.1) is 5.41 Å². The molecule has 0 bridgehead atoms. The molecule has 114 valence electrons. The van der Waals surface area contributed by atoms with Crippen LogP contribution in [0.5, 0.6) is 0 Å². The van der Waals surface area contributed by atoms with Crippen LogP contribution in [0.3, 0.4) is 0 Å². The lowest BCUT2D eigenvalue weighted by Crippen LogP contribution is -2.44. The molecule has 0 aromatic carbocycles. The lowest BCUT2D eigenvalue weighted by Gasteiger charge is -2.32. The van der Waals surface area contributed by atoms with Gasteiger partial charge in [-0.05, 0) is 12.8 Å². The zero-order valence-corrected chi connectivity index (χ0v) is 12.1. The minimum Gasteiger partial charge on any atom is -0.435 e. The Morgan fingerprint density at radius 2 is 1.68 bits per heavy atom. The van der Waals surface area contributed by atoms with Crippen molar-refractivity contribution in [3.8, 4) is 0 Å². The molecule has 3 N–H and O–H groups in total. The zero-order valence-electron chi connectivity index (χ0n) is 12.1. The van der Waals surface area contributed by atoms with Gasteiger partial charge in [-0.3, -0.25) is 4.79 Å². The van der Waals surface area contributed by atoms with Crippen LogP contribution in [-0.2, 0) is 9.53 Å². The predicted molar refractivity (Wildman–Crippen MR) is 72.4 cm³/mol. The molecule has 0 heterocycles. The second kappa shape index (κ2) is 10.2. The number of aliphatic hydroxyl groups excluding tert-OH is 3. The largest absolute Gasteiger partial charge is 0.435 e. The summed E-state index contributed by atoms with van der Waals surface area (Å²) in [7, 11) is 0. The molecule has 0 spiro atoms. The monoisotopic (exact) mass is 276 g/mol. The van der Waals surface area contributed by atoms with Crippen molar-refractivity contribution in [2.45, 2.75) is 65.1 Å². The quantitative estimate of drug-likeness (QED) is 0.303. The van der Waals surface area contributed by atoms with E-state index in [2.05, 4.69) is 6.92 Å². The van der Waals surface area contributed by atoms with Crippen molar-refractivity contribution in [1.82, 2.24) is 0 Å². The fourth-order valence-corrected chi connectivity index (χ4v) is 1.79. The molecule has 1 atom stereocenters.